The summed E-state index contributed by atoms with van der Waals surface area (Å²) in [6.45, 7) is 0. The Labute approximate surface area is 284 Å². The van der Waals surface area contributed by atoms with Gasteiger partial charge in [-0.1, -0.05) is 158 Å². The number of fused-ring (bicyclic) bond motifs is 3. The first-order valence-corrected chi connectivity index (χ1v) is 16.4. The molecule has 0 saturated carbocycles. The maximum Gasteiger partial charge on any atom is 0.167 e. The molecule has 49 heavy (non-hydrogen) atoms. The van der Waals surface area contributed by atoms with Gasteiger partial charge in [0, 0.05) is 21.9 Å². The largest absolute Gasteiger partial charge is 0.455 e. The highest BCUT2D eigenvalue weighted by atomic mass is 16.3. The summed E-state index contributed by atoms with van der Waals surface area (Å²) in [6, 6.07) is 60.5. The summed E-state index contributed by atoms with van der Waals surface area (Å²) in [5.74, 6) is 1.77. The van der Waals surface area contributed by atoms with Crippen molar-refractivity contribution in [3.05, 3.63) is 176 Å². The molecular formula is C45H29N3O. The molecule has 4 heteroatoms. The molecule has 0 fully saturated rings. The first kappa shape index (κ1) is 28.6. The van der Waals surface area contributed by atoms with E-state index >= 15 is 0 Å². The number of hydrogen-bond donors (Lipinski definition) is 0. The van der Waals surface area contributed by atoms with Crippen molar-refractivity contribution in [3.8, 4) is 67.5 Å². The summed E-state index contributed by atoms with van der Waals surface area (Å²) >= 11 is 0. The van der Waals surface area contributed by atoms with Crippen LogP contribution in [0.3, 0.4) is 0 Å². The average Bonchev–Trinajstić information content (AvgIpc) is 3.57. The first-order valence-electron chi connectivity index (χ1n) is 16.4. The second kappa shape index (κ2) is 12.2. The highest BCUT2D eigenvalue weighted by molar-refractivity contribution is 6.09. The summed E-state index contributed by atoms with van der Waals surface area (Å²) in [5, 5.41) is 2.10. The van der Waals surface area contributed by atoms with Gasteiger partial charge in [0.1, 0.15) is 11.2 Å². The van der Waals surface area contributed by atoms with E-state index < -0.39 is 0 Å². The van der Waals surface area contributed by atoms with Gasteiger partial charge in [0.15, 0.2) is 17.5 Å². The SMILES string of the molecule is c1ccc(-c2nc(-c3cccc(-c4ccccc4-c4ccccc4-c4ccccc4)c3)nc(-c3cccc4c3oc3ccccc34)n2)cc1. The van der Waals surface area contributed by atoms with Gasteiger partial charge in [0.25, 0.3) is 0 Å². The van der Waals surface area contributed by atoms with E-state index in [1.807, 2.05) is 60.7 Å². The van der Waals surface area contributed by atoms with Gasteiger partial charge in [0.05, 0.1) is 5.56 Å². The summed E-state index contributed by atoms with van der Waals surface area (Å²) < 4.78 is 6.40. The minimum atomic E-state index is 0.566. The van der Waals surface area contributed by atoms with Gasteiger partial charge >= 0.3 is 0 Å². The van der Waals surface area contributed by atoms with Crippen LogP contribution in [-0.2, 0) is 0 Å². The smallest absolute Gasteiger partial charge is 0.167 e. The molecular weight excluding hydrogens is 599 g/mol. The number of nitrogens with zero attached hydrogens (tertiary/aromatic N) is 3. The lowest BCUT2D eigenvalue weighted by molar-refractivity contribution is 0.669. The Hall–Kier alpha value is -6.65. The second-order valence-corrected chi connectivity index (χ2v) is 12.0. The van der Waals surface area contributed by atoms with Crippen LogP contribution in [0.5, 0.6) is 0 Å². The van der Waals surface area contributed by atoms with Crippen molar-refractivity contribution in [2.75, 3.05) is 0 Å². The number of rotatable bonds is 6. The molecule has 0 bridgehead atoms. The van der Waals surface area contributed by atoms with Crippen molar-refractivity contribution in [1.82, 2.24) is 15.0 Å². The lowest BCUT2D eigenvalue weighted by Crippen LogP contribution is -2.00. The van der Waals surface area contributed by atoms with Crippen molar-refractivity contribution in [1.29, 1.82) is 0 Å². The van der Waals surface area contributed by atoms with E-state index in [0.29, 0.717) is 17.5 Å². The van der Waals surface area contributed by atoms with Crippen LogP contribution in [0, 0.1) is 0 Å². The monoisotopic (exact) mass is 627 g/mol. The molecule has 4 nitrogen and oxygen atoms in total. The molecule has 2 aromatic heterocycles. The Balaban J connectivity index is 1.21. The minimum absolute atomic E-state index is 0.566. The van der Waals surface area contributed by atoms with Gasteiger partial charge < -0.3 is 4.42 Å². The molecule has 0 aliphatic heterocycles. The zero-order valence-corrected chi connectivity index (χ0v) is 26.5. The Morgan fingerprint density at radius 3 is 1.51 bits per heavy atom. The predicted octanol–water partition coefficient (Wildman–Crippen LogP) is 11.8. The van der Waals surface area contributed by atoms with Crippen LogP contribution in [0.15, 0.2) is 180 Å². The standard InChI is InChI=1S/C45H29N3O/c1-3-15-30(16-4-1)34-21-7-9-23-36(34)37-24-10-8-22-35(37)32-19-13-20-33(29-32)44-46-43(31-17-5-2-6-18-31)47-45(48-44)40-27-14-26-39-38-25-11-12-28-41(38)49-42(39)40/h1-29H. The van der Waals surface area contributed by atoms with Crippen molar-refractivity contribution in [2.24, 2.45) is 0 Å². The third kappa shape index (κ3) is 5.26. The lowest BCUT2D eigenvalue weighted by atomic mass is 9.89. The van der Waals surface area contributed by atoms with Crippen LogP contribution in [0.1, 0.15) is 0 Å². The van der Waals surface area contributed by atoms with Crippen LogP contribution >= 0.6 is 0 Å². The molecule has 0 saturated heterocycles. The lowest BCUT2D eigenvalue weighted by Gasteiger charge is -2.15. The fourth-order valence-corrected chi connectivity index (χ4v) is 6.65. The molecule has 0 unspecified atom stereocenters. The zero-order chi connectivity index (χ0) is 32.6. The fraction of sp³-hybridized carbons (Fsp3) is 0. The van der Waals surface area contributed by atoms with Crippen LogP contribution in [0.2, 0.25) is 0 Å². The molecule has 230 valence electrons. The Bertz CT molecular complexity index is 2610. The molecule has 9 rings (SSSR count). The number of furan rings is 1. The summed E-state index contributed by atoms with van der Waals surface area (Å²) in [4.78, 5) is 15.2. The highest BCUT2D eigenvalue weighted by Crippen LogP contribution is 2.40. The molecule has 0 atom stereocenters. The van der Waals surface area contributed by atoms with E-state index in [4.69, 9.17) is 19.4 Å². The van der Waals surface area contributed by atoms with E-state index in [1.165, 1.54) is 16.7 Å². The second-order valence-electron chi connectivity index (χ2n) is 12.0. The van der Waals surface area contributed by atoms with Gasteiger partial charge in [-0.05, 0) is 51.6 Å². The van der Waals surface area contributed by atoms with E-state index in [2.05, 4.69) is 115 Å². The van der Waals surface area contributed by atoms with E-state index in [0.717, 1.165) is 55.3 Å². The summed E-state index contributed by atoms with van der Waals surface area (Å²) in [6.07, 6.45) is 0. The van der Waals surface area contributed by atoms with Crippen molar-refractivity contribution in [3.63, 3.8) is 0 Å². The maximum atomic E-state index is 6.40. The van der Waals surface area contributed by atoms with Crippen LogP contribution in [0.4, 0.5) is 0 Å². The van der Waals surface area contributed by atoms with Crippen molar-refractivity contribution >= 4 is 21.9 Å². The zero-order valence-electron chi connectivity index (χ0n) is 26.5. The topological polar surface area (TPSA) is 51.8 Å². The molecule has 0 aliphatic carbocycles. The van der Waals surface area contributed by atoms with E-state index in [9.17, 15) is 0 Å². The Morgan fingerprint density at radius 2 is 0.776 bits per heavy atom. The summed E-state index contributed by atoms with van der Waals surface area (Å²) in [5.41, 5.74) is 11.2. The molecule has 0 radical (unpaired) electrons. The molecule has 0 amide bonds. The normalized spacial score (nSPS) is 11.3. The Morgan fingerprint density at radius 1 is 0.306 bits per heavy atom. The number of hydrogen-bond acceptors (Lipinski definition) is 4. The van der Waals surface area contributed by atoms with Gasteiger partial charge in [-0.2, -0.15) is 0 Å². The first-order chi connectivity index (χ1) is 24.3. The number of para-hydroxylation sites is 2. The van der Waals surface area contributed by atoms with E-state index in [-0.39, 0.29) is 0 Å². The number of aromatic nitrogens is 3. The van der Waals surface area contributed by atoms with Crippen LogP contribution in [-0.4, -0.2) is 15.0 Å². The molecule has 0 N–H and O–H groups in total. The third-order valence-corrected chi connectivity index (χ3v) is 8.97. The molecule has 7 aromatic carbocycles. The van der Waals surface area contributed by atoms with Crippen LogP contribution in [0.25, 0.3) is 89.5 Å². The fourth-order valence-electron chi connectivity index (χ4n) is 6.65. The Kier molecular flexibility index (Phi) is 7.10. The van der Waals surface area contributed by atoms with E-state index in [1.54, 1.807) is 0 Å². The van der Waals surface area contributed by atoms with Gasteiger partial charge in [-0.3, -0.25) is 0 Å². The van der Waals surface area contributed by atoms with Crippen LogP contribution < -0.4 is 0 Å². The third-order valence-electron chi connectivity index (χ3n) is 8.97. The summed E-state index contributed by atoms with van der Waals surface area (Å²) in [7, 11) is 0. The van der Waals surface area contributed by atoms with Gasteiger partial charge in [-0.15, -0.1) is 0 Å². The van der Waals surface area contributed by atoms with Crippen molar-refractivity contribution in [2.45, 2.75) is 0 Å². The maximum absolute atomic E-state index is 6.40. The minimum Gasteiger partial charge on any atom is -0.455 e. The van der Waals surface area contributed by atoms with Crippen molar-refractivity contribution < 1.29 is 4.42 Å². The van der Waals surface area contributed by atoms with Gasteiger partial charge in [-0.25, -0.2) is 15.0 Å². The molecule has 0 spiro atoms. The quantitative estimate of drug-likeness (QED) is 0.184. The molecule has 9 aromatic rings. The predicted molar refractivity (Wildman–Crippen MR) is 200 cm³/mol. The highest BCUT2D eigenvalue weighted by Gasteiger charge is 2.18. The number of benzene rings is 7. The molecule has 0 aliphatic rings. The molecule has 2 heterocycles. The van der Waals surface area contributed by atoms with Gasteiger partial charge in [0.2, 0.25) is 0 Å². The average molecular weight is 628 g/mol.